The molecule has 0 radical (unpaired) electrons. The van der Waals surface area contributed by atoms with Crippen molar-refractivity contribution in [1.29, 1.82) is 0 Å². The smallest absolute Gasteiger partial charge is 0.0160 e. The molecular formula is C16H23N. The van der Waals surface area contributed by atoms with E-state index in [1.54, 1.807) is 0 Å². The van der Waals surface area contributed by atoms with Crippen molar-refractivity contribution in [2.45, 2.75) is 25.3 Å². The summed E-state index contributed by atoms with van der Waals surface area (Å²) in [4.78, 5) is 2.33. The highest BCUT2D eigenvalue weighted by Gasteiger charge is 2.20. The van der Waals surface area contributed by atoms with Gasteiger partial charge in [-0.2, -0.15) is 0 Å². The van der Waals surface area contributed by atoms with Gasteiger partial charge in [-0.05, 0) is 26.0 Å². The molecule has 0 fully saturated rings. The largest absolute Gasteiger partial charge is 0.299 e. The fourth-order valence-electron chi connectivity index (χ4n) is 2.17. The first-order valence-electron chi connectivity index (χ1n) is 6.17. The van der Waals surface area contributed by atoms with Crippen LogP contribution in [0.2, 0.25) is 0 Å². The third-order valence-electron chi connectivity index (χ3n) is 3.34. The van der Waals surface area contributed by atoms with E-state index in [0.717, 1.165) is 13.0 Å². The standard InChI is InChI=1S/C16H23N/c1-5-10-16(14(3)17(4)13-6-2)15-11-8-7-9-12-15/h5-9,11-12,14,16H,1-2,10,13H2,3-4H3/t14-,16-/m0/s1. The zero-order valence-electron chi connectivity index (χ0n) is 11.0. The Labute approximate surface area is 105 Å². The van der Waals surface area contributed by atoms with E-state index in [9.17, 15) is 0 Å². The number of hydrogen-bond acceptors (Lipinski definition) is 1. The van der Waals surface area contributed by atoms with E-state index in [-0.39, 0.29) is 0 Å². The van der Waals surface area contributed by atoms with Crippen LogP contribution in [-0.2, 0) is 0 Å². The molecule has 0 spiro atoms. The number of benzene rings is 1. The minimum atomic E-state index is 0.480. The Bertz CT molecular complexity index is 342. The van der Waals surface area contributed by atoms with Crippen molar-refractivity contribution in [2.24, 2.45) is 0 Å². The molecule has 0 N–H and O–H groups in total. The second-order valence-electron chi connectivity index (χ2n) is 4.51. The van der Waals surface area contributed by atoms with Crippen molar-refractivity contribution in [3.05, 3.63) is 61.2 Å². The molecule has 0 aliphatic heterocycles. The molecule has 1 rings (SSSR count). The Kier molecular flexibility index (Phi) is 5.71. The summed E-state index contributed by atoms with van der Waals surface area (Å²) in [7, 11) is 2.14. The van der Waals surface area contributed by atoms with Crippen LogP contribution in [0.5, 0.6) is 0 Å². The van der Waals surface area contributed by atoms with E-state index < -0.39 is 0 Å². The van der Waals surface area contributed by atoms with Crippen molar-refractivity contribution in [3.8, 4) is 0 Å². The van der Waals surface area contributed by atoms with E-state index in [1.165, 1.54) is 5.56 Å². The van der Waals surface area contributed by atoms with Gasteiger partial charge in [0, 0.05) is 18.5 Å². The molecule has 1 nitrogen and oxygen atoms in total. The summed E-state index contributed by atoms with van der Waals surface area (Å²) in [6.45, 7) is 10.9. The van der Waals surface area contributed by atoms with Crippen LogP contribution in [0.4, 0.5) is 0 Å². The van der Waals surface area contributed by atoms with Crippen molar-refractivity contribution in [1.82, 2.24) is 4.90 Å². The molecule has 0 unspecified atom stereocenters. The number of hydrogen-bond donors (Lipinski definition) is 0. The Hall–Kier alpha value is -1.34. The lowest BCUT2D eigenvalue weighted by molar-refractivity contribution is 0.247. The molecule has 1 heteroatoms. The van der Waals surface area contributed by atoms with Crippen LogP contribution in [0, 0.1) is 0 Å². The van der Waals surface area contributed by atoms with E-state index in [0.29, 0.717) is 12.0 Å². The highest BCUT2D eigenvalue weighted by Crippen LogP contribution is 2.26. The fourth-order valence-corrected chi connectivity index (χ4v) is 2.17. The van der Waals surface area contributed by atoms with Crippen LogP contribution in [-0.4, -0.2) is 24.5 Å². The van der Waals surface area contributed by atoms with Crippen molar-refractivity contribution < 1.29 is 0 Å². The second kappa shape index (κ2) is 7.08. The molecule has 2 atom stereocenters. The number of allylic oxidation sites excluding steroid dienone is 1. The molecule has 92 valence electrons. The van der Waals surface area contributed by atoms with Gasteiger partial charge in [0.15, 0.2) is 0 Å². The maximum Gasteiger partial charge on any atom is 0.0160 e. The highest BCUT2D eigenvalue weighted by atomic mass is 15.1. The van der Waals surface area contributed by atoms with Crippen LogP contribution in [0.1, 0.15) is 24.8 Å². The summed E-state index contributed by atoms with van der Waals surface area (Å²) in [6.07, 6.45) is 4.97. The monoisotopic (exact) mass is 229 g/mol. The Morgan fingerprint density at radius 2 is 1.82 bits per heavy atom. The van der Waals surface area contributed by atoms with Crippen molar-refractivity contribution in [2.75, 3.05) is 13.6 Å². The maximum absolute atomic E-state index is 3.88. The van der Waals surface area contributed by atoms with Gasteiger partial charge in [0.1, 0.15) is 0 Å². The van der Waals surface area contributed by atoms with Crippen LogP contribution >= 0.6 is 0 Å². The molecule has 1 aromatic carbocycles. The van der Waals surface area contributed by atoms with E-state index in [2.05, 4.69) is 62.4 Å². The first-order chi connectivity index (χ1) is 8.20. The third-order valence-corrected chi connectivity index (χ3v) is 3.34. The van der Waals surface area contributed by atoms with Gasteiger partial charge in [-0.1, -0.05) is 42.5 Å². The lowest BCUT2D eigenvalue weighted by Crippen LogP contribution is -2.34. The normalized spacial score (nSPS) is 14.3. The maximum atomic E-state index is 3.88. The molecular weight excluding hydrogens is 206 g/mol. The lowest BCUT2D eigenvalue weighted by atomic mass is 9.88. The topological polar surface area (TPSA) is 3.24 Å². The molecule has 0 bridgehead atoms. The predicted molar refractivity (Wildman–Crippen MR) is 76.3 cm³/mol. The predicted octanol–water partition coefficient (Wildman–Crippen LogP) is 3.85. The van der Waals surface area contributed by atoms with Crippen LogP contribution in [0.15, 0.2) is 55.6 Å². The molecule has 17 heavy (non-hydrogen) atoms. The number of rotatable bonds is 7. The number of nitrogens with zero attached hydrogens (tertiary/aromatic N) is 1. The average Bonchev–Trinajstić information content (AvgIpc) is 2.36. The molecule has 0 heterocycles. The van der Waals surface area contributed by atoms with Gasteiger partial charge in [-0.3, -0.25) is 4.90 Å². The van der Waals surface area contributed by atoms with Crippen LogP contribution in [0.3, 0.4) is 0 Å². The average molecular weight is 229 g/mol. The minimum absolute atomic E-state index is 0.480. The lowest BCUT2D eigenvalue weighted by Gasteiger charge is -2.31. The van der Waals surface area contributed by atoms with Gasteiger partial charge >= 0.3 is 0 Å². The summed E-state index contributed by atoms with van der Waals surface area (Å²) in [5.74, 6) is 0.499. The van der Waals surface area contributed by atoms with E-state index in [1.807, 2.05) is 12.2 Å². The quantitative estimate of drug-likeness (QED) is 0.642. The SMILES string of the molecule is C=CC[C@H](c1ccccc1)[C@H](C)N(C)CC=C. The molecule has 0 aromatic heterocycles. The van der Waals surface area contributed by atoms with Gasteiger partial charge in [0.2, 0.25) is 0 Å². The van der Waals surface area contributed by atoms with Crippen LogP contribution < -0.4 is 0 Å². The van der Waals surface area contributed by atoms with Crippen LogP contribution in [0.25, 0.3) is 0 Å². The summed E-state index contributed by atoms with van der Waals surface area (Å²) in [6, 6.07) is 11.1. The van der Waals surface area contributed by atoms with Gasteiger partial charge < -0.3 is 0 Å². The zero-order valence-corrected chi connectivity index (χ0v) is 11.0. The molecule has 0 saturated heterocycles. The van der Waals surface area contributed by atoms with Crippen molar-refractivity contribution >= 4 is 0 Å². The molecule has 1 aromatic rings. The minimum Gasteiger partial charge on any atom is -0.299 e. The molecule has 0 amide bonds. The summed E-state index contributed by atoms with van der Waals surface area (Å²) >= 11 is 0. The molecule has 0 aliphatic rings. The Morgan fingerprint density at radius 3 is 2.35 bits per heavy atom. The highest BCUT2D eigenvalue weighted by molar-refractivity contribution is 5.22. The van der Waals surface area contributed by atoms with E-state index >= 15 is 0 Å². The Morgan fingerprint density at radius 1 is 1.18 bits per heavy atom. The first kappa shape index (κ1) is 13.7. The van der Waals surface area contributed by atoms with Crippen molar-refractivity contribution in [3.63, 3.8) is 0 Å². The van der Waals surface area contributed by atoms with Gasteiger partial charge in [0.25, 0.3) is 0 Å². The molecule has 0 aliphatic carbocycles. The summed E-state index contributed by atoms with van der Waals surface area (Å²) < 4.78 is 0. The summed E-state index contributed by atoms with van der Waals surface area (Å²) in [5.41, 5.74) is 1.39. The van der Waals surface area contributed by atoms with Gasteiger partial charge in [-0.15, -0.1) is 13.2 Å². The fraction of sp³-hybridized carbons (Fsp3) is 0.375. The van der Waals surface area contributed by atoms with Gasteiger partial charge in [-0.25, -0.2) is 0 Å². The van der Waals surface area contributed by atoms with Gasteiger partial charge in [0.05, 0.1) is 0 Å². The third kappa shape index (κ3) is 3.86. The molecule has 0 saturated carbocycles. The second-order valence-corrected chi connectivity index (χ2v) is 4.51. The Balaban J connectivity index is 2.85. The first-order valence-corrected chi connectivity index (χ1v) is 6.17. The summed E-state index contributed by atoms with van der Waals surface area (Å²) in [5, 5.41) is 0. The van der Waals surface area contributed by atoms with E-state index in [4.69, 9.17) is 0 Å². The zero-order chi connectivity index (χ0) is 12.7. The number of likely N-dealkylation sites (N-methyl/N-ethyl adjacent to an activating group) is 1.